The molecule has 0 fully saturated rings. The van der Waals surface area contributed by atoms with Gasteiger partial charge in [0.15, 0.2) is 0 Å². The van der Waals surface area contributed by atoms with Gasteiger partial charge in [0.2, 0.25) is 0 Å². The standard InChI is InChI=1S/C7H10O2/c1-3-5-7(8)9-6-4-2/h3-5H,2,6H2,1H3/b5-3-. The molecule has 0 heterocycles. The Morgan fingerprint density at radius 3 is 2.89 bits per heavy atom. The molecule has 0 radical (unpaired) electrons. The van der Waals surface area contributed by atoms with E-state index in [1.165, 1.54) is 12.2 Å². The summed E-state index contributed by atoms with van der Waals surface area (Å²) in [5.74, 6) is -0.322. The van der Waals surface area contributed by atoms with E-state index < -0.39 is 0 Å². The van der Waals surface area contributed by atoms with Crippen LogP contribution in [-0.2, 0) is 9.53 Å². The van der Waals surface area contributed by atoms with Crippen molar-refractivity contribution in [3.8, 4) is 0 Å². The molecule has 0 aliphatic rings. The van der Waals surface area contributed by atoms with E-state index in [9.17, 15) is 4.79 Å². The average molecular weight is 126 g/mol. The van der Waals surface area contributed by atoms with Crippen molar-refractivity contribution in [2.24, 2.45) is 0 Å². The van der Waals surface area contributed by atoms with Crippen molar-refractivity contribution < 1.29 is 9.53 Å². The van der Waals surface area contributed by atoms with Gasteiger partial charge in [0, 0.05) is 6.08 Å². The summed E-state index contributed by atoms with van der Waals surface area (Å²) in [5, 5.41) is 0. The van der Waals surface area contributed by atoms with E-state index >= 15 is 0 Å². The molecule has 0 aromatic rings. The van der Waals surface area contributed by atoms with Crippen molar-refractivity contribution in [2.75, 3.05) is 6.61 Å². The molecule has 0 aromatic heterocycles. The maximum Gasteiger partial charge on any atom is 0.330 e. The molecule has 0 spiro atoms. The lowest BCUT2D eigenvalue weighted by Crippen LogP contribution is -1.98. The molecule has 2 heteroatoms. The van der Waals surface area contributed by atoms with Crippen molar-refractivity contribution in [3.63, 3.8) is 0 Å². The molecular weight excluding hydrogens is 116 g/mol. The fourth-order valence-electron chi connectivity index (χ4n) is 0.325. The van der Waals surface area contributed by atoms with Crippen molar-refractivity contribution >= 4 is 5.97 Å². The van der Waals surface area contributed by atoms with Gasteiger partial charge >= 0.3 is 5.97 Å². The second kappa shape index (κ2) is 5.09. The molecule has 9 heavy (non-hydrogen) atoms. The SMILES string of the molecule is C=CCOC(=O)/C=C\C. The van der Waals surface area contributed by atoms with Gasteiger partial charge in [0.25, 0.3) is 0 Å². The third-order valence-electron chi connectivity index (χ3n) is 0.646. The molecule has 0 unspecified atom stereocenters. The highest BCUT2D eigenvalue weighted by molar-refractivity contribution is 5.81. The van der Waals surface area contributed by atoms with Gasteiger partial charge in [-0.1, -0.05) is 18.7 Å². The minimum atomic E-state index is -0.322. The molecule has 0 aromatic carbocycles. The zero-order chi connectivity index (χ0) is 7.11. The largest absolute Gasteiger partial charge is 0.458 e. The molecule has 0 amide bonds. The van der Waals surface area contributed by atoms with Crippen LogP contribution in [0.1, 0.15) is 6.92 Å². The van der Waals surface area contributed by atoms with Crippen LogP contribution in [0.4, 0.5) is 0 Å². The van der Waals surface area contributed by atoms with Gasteiger partial charge in [-0.25, -0.2) is 4.79 Å². The fraction of sp³-hybridized carbons (Fsp3) is 0.286. The summed E-state index contributed by atoms with van der Waals surface area (Å²) < 4.78 is 4.59. The summed E-state index contributed by atoms with van der Waals surface area (Å²) in [6, 6.07) is 0. The molecule has 50 valence electrons. The Morgan fingerprint density at radius 2 is 2.44 bits per heavy atom. The van der Waals surface area contributed by atoms with Gasteiger partial charge in [0.1, 0.15) is 6.61 Å². The Hall–Kier alpha value is -1.05. The highest BCUT2D eigenvalue weighted by Crippen LogP contribution is 1.80. The summed E-state index contributed by atoms with van der Waals surface area (Å²) in [7, 11) is 0. The van der Waals surface area contributed by atoms with Gasteiger partial charge in [-0.3, -0.25) is 0 Å². The minimum absolute atomic E-state index is 0.281. The number of allylic oxidation sites excluding steroid dienone is 1. The Bertz CT molecular complexity index is 125. The summed E-state index contributed by atoms with van der Waals surface area (Å²) >= 11 is 0. The lowest BCUT2D eigenvalue weighted by atomic mass is 10.5. The van der Waals surface area contributed by atoms with Crippen LogP contribution in [0.5, 0.6) is 0 Å². The van der Waals surface area contributed by atoms with Gasteiger partial charge in [0.05, 0.1) is 0 Å². The first-order valence-corrected chi connectivity index (χ1v) is 2.71. The zero-order valence-corrected chi connectivity index (χ0v) is 5.46. The van der Waals surface area contributed by atoms with E-state index in [2.05, 4.69) is 11.3 Å². The number of hydrogen-bond donors (Lipinski definition) is 0. The lowest BCUT2D eigenvalue weighted by molar-refractivity contribution is -0.136. The van der Waals surface area contributed by atoms with Crippen molar-refractivity contribution in [2.45, 2.75) is 6.92 Å². The second-order valence-corrected chi connectivity index (χ2v) is 1.42. The second-order valence-electron chi connectivity index (χ2n) is 1.42. The normalized spacial score (nSPS) is 9.44. The summed E-state index contributed by atoms with van der Waals surface area (Å²) in [4.78, 5) is 10.4. The topological polar surface area (TPSA) is 26.3 Å². The molecule has 0 bridgehead atoms. The maximum atomic E-state index is 10.4. The predicted molar refractivity (Wildman–Crippen MR) is 36.0 cm³/mol. The molecular formula is C7H10O2. The van der Waals surface area contributed by atoms with Gasteiger partial charge < -0.3 is 4.74 Å². The highest BCUT2D eigenvalue weighted by atomic mass is 16.5. The predicted octanol–water partition coefficient (Wildman–Crippen LogP) is 1.29. The number of carbonyl (C=O) groups is 1. The zero-order valence-electron chi connectivity index (χ0n) is 5.46. The average Bonchev–Trinajstić information content (AvgIpc) is 1.85. The van der Waals surface area contributed by atoms with E-state index in [0.717, 1.165) is 0 Å². The van der Waals surface area contributed by atoms with Gasteiger partial charge in [-0.05, 0) is 6.92 Å². The van der Waals surface area contributed by atoms with Crippen molar-refractivity contribution in [3.05, 3.63) is 24.8 Å². The van der Waals surface area contributed by atoms with Crippen LogP contribution in [0, 0.1) is 0 Å². The third-order valence-corrected chi connectivity index (χ3v) is 0.646. The molecule has 0 rings (SSSR count). The van der Waals surface area contributed by atoms with Crippen LogP contribution in [0.2, 0.25) is 0 Å². The monoisotopic (exact) mass is 126 g/mol. The molecule has 0 N–H and O–H groups in total. The van der Waals surface area contributed by atoms with E-state index in [0.29, 0.717) is 0 Å². The molecule has 0 aliphatic heterocycles. The van der Waals surface area contributed by atoms with E-state index in [1.807, 2.05) is 0 Å². The number of esters is 1. The van der Waals surface area contributed by atoms with Crippen LogP contribution < -0.4 is 0 Å². The third kappa shape index (κ3) is 4.81. The number of hydrogen-bond acceptors (Lipinski definition) is 2. The summed E-state index contributed by atoms with van der Waals surface area (Å²) in [6.45, 7) is 5.43. The first-order valence-electron chi connectivity index (χ1n) is 2.71. The highest BCUT2D eigenvalue weighted by Gasteiger charge is 1.89. The van der Waals surface area contributed by atoms with E-state index in [1.54, 1.807) is 13.0 Å². The summed E-state index contributed by atoms with van der Waals surface area (Å²) in [6.07, 6.45) is 4.52. The molecule has 2 nitrogen and oxygen atoms in total. The lowest BCUT2D eigenvalue weighted by Gasteiger charge is -1.92. The van der Waals surface area contributed by atoms with Gasteiger partial charge in [-0.15, -0.1) is 0 Å². The quantitative estimate of drug-likeness (QED) is 0.323. The first kappa shape index (κ1) is 7.95. The van der Waals surface area contributed by atoms with Crippen molar-refractivity contribution in [1.82, 2.24) is 0 Å². The molecule has 0 aliphatic carbocycles. The van der Waals surface area contributed by atoms with Gasteiger partial charge in [-0.2, -0.15) is 0 Å². The fourth-order valence-corrected chi connectivity index (χ4v) is 0.325. The Balaban J connectivity index is 3.38. The molecule has 0 saturated carbocycles. The van der Waals surface area contributed by atoms with Crippen LogP contribution in [-0.4, -0.2) is 12.6 Å². The van der Waals surface area contributed by atoms with Crippen LogP contribution in [0.15, 0.2) is 24.8 Å². The molecule has 0 saturated heterocycles. The molecule has 0 atom stereocenters. The van der Waals surface area contributed by atoms with E-state index in [4.69, 9.17) is 0 Å². The number of ether oxygens (including phenoxy) is 1. The van der Waals surface area contributed by atoms with Crippen molar-refractivity contribution in [1.29, 1.82) is 0 Å². The minimum Gasteiger partial charge on any atom is -0.458 e. The Labute approximate surface area is 54.8 Å². The summed E-state index contributed by atoms with van der Waals surface area (Å²) in [5.41, 5.74) is 0. The number of carbonyl (C=O) groups excluding carboxylic acids is 1. The first-order chi connectivity index (χ1) is 4.31. The Morgan fingerprint density at radius 1 is 1.78 bits per heavy atom. The van der Waals surface area contributed by atoms with Crippen LogP contribution >= 0.6 is 0 Å². The van der Waals surface area contributed by atoms with E-state index in [-0.39, 0.29) is 12.6 Å². The van der Waals surface area contributed by atoms with Crippen LogP contribution in [0.25, 0.3) is 0 Å². The Kier molecular flexibility index (Phi) is 4.50. The number of rotatable bonds is 3. The smallest absolute Gasteiger partial charge is 0.330 e. The van der Waals surface area contributed by atoms with Crippen LogP contribution in [0.3, 0.4) is 0 Å². The maximum absolute atomic E-state index is 10.4.